The molecular formula is C5H15ClN2O2. The largest absolute Gasteiger partial charge is 0.397 e. The van der Waals surface area contributed by atoms with Crippen LogP contribution in [0, 0.1) is 5.41 Å². The number of methoxy groups -OCH3 is 1. The van der Waals surface area contributed by atoms with Crippen LogP contribution >= 0.6 is 12.4 Å². The van der Waals surface area contributed by atoms with Crippen LogP contribution < -0.4 is 5.73 Å². The molecule has 4 nitrogen and oxygen atoms in total. The van der Waals surface area contributed by atoms with Crippen molar-refractivity contribution in [3.8, 4) is 0 Å². The zero-order chi connectivity index (χ0) is 7.70. The van der Waals surface area contributed by atoms with Crippen molar-refractivity contribution < 1.29 is 9.84 Å². The van der Waals surface area contributed by atoms with Crippen molar-refractivity contribution in [1.29, 1.82) is 5.41 Å². The average molecular weight is 171 g/mol. The number of ether oxygens (including phenoxy) is 1. The molecule has 0 fully saturated rings. The molecule has 0 atom stereocenters. The average Bonchev–Trinajstić information content (AvgIpc) is 1.67. The van der Waals surface area contributed by atoms with Crippen molar-refractivity contribution in [2.24, 2.45) is 5.73 Å². The first-order valence-electron chi connectivity index (χ1n) is 2.61. The summed E-state index contributed by atoms with van der Waals surface area (Å²) in [5, 5.41) is 14.1. The summed E-state index contributed by atoms with van der Waals surface area (Å²) in [5.74, 6) is 0.0671. The highest BCUT2D eigenvalue weighted by atomic mass is 35.5. The first-order valence-corrected chi connectivity index (χ1v) is 2.61. The van der Waals surface area contributed by atoms with Crippen molar-refractivity contribution in [2.45, 2.75) is 6.92 Å². The second-order valence-electron chi connectivity index (χ2n) is 1.27. The molecule has 0 aromatic heterocycles. The molecule has 4 N–H and O–H groups in total. The summed E-state index contributed by atoms with van der Waals surface area (Å²) in [7, 11) is 1.50. The quantitative estimate of drug-likeness (QED) is 0.403. The topological polar surface area (TPSA) is 79.3 Å². The van der Waals surface area contributed by atoms with Gasteiger partial charge in [-0.25, -0.2) is 0 Å². The fourth-order valence-electron chi connectivity index (χ4n) is 0.156. The fourth-order valence-corrected chi connectivity index (χ4v) is 0.156. The van der Waals surface area contributed by atoms with Crippen LogP contribution in [0.5, 0.6) is 0 Å². The van der Waals surface area contributed by atoms with Gasteiger partial charge < -0.3 is 15.6 Å². The van der Waals surface area contributed by atoms with Crippen molar-refractivity contribution in [1.82, 2.24) is 0 Å². The summed E-state index contributed by atoms with van der Waals surface area (Å²) in [6.07, 6.45) is 0. The lowest BCUT2D eigenvalue weighted by Gasteiger charge is -1.88. The van der Waals surface area contributed by atoms with Gasteiger partial charge in [0.2, 0.25) is 0 Å². The number of rotatable bonds is 2. The zero-order valence-corrected chi connectivity index (χ0v) is 7.07. The van der Waals surface area contributed by atoms with Gasteiger partial charge in [-0.2, -0.15) is 0 Å². The van der Waals surface area contributed by atoms with Crippen LogP contribution in [-0.2, 0) is 4.74 Å². The van der Waals surface area contributed by atoms with Gasteiger partial charge in [0, 0.05) is 13.7 Å². The lowest BCUT2D eigenvalue weighted by Crippen LogP contribution is -2.15. The molecule has 0 aromatic rings. The maximum atomic E-state index is 7.57. The van der Waals surface area contributed by atoms with E-state index < -0.39 is 0 Å². The van der Waals surface area contributed by atoms with Gasteiger partial charge in [-0.3, -0.25) is 5.41 Å². The SMILES string of the molecule is CCO.COCC(=N)N.Cl. The Balaban J connectivity index is -0.000000107. The molecule has 0 amide bonds. The summed E-state index contributed by atoms with van der Waals surface area (Å²) in [6, 6.07) is 0. The van der Waals surface area contributed by atoms with E-state index in [1.54, 1.807) is 6.92 Å². The smallest absolute Gasteiger partial charge is 0.117 e. The second-order valence-corrected chi connectivity index (χ2v) is 1.27. The Morgan fingerprint density at radius 2 is 2.00 bits per heavy atom. The van der Waals surface area contributed by atoms with Gasteiger partial charge in [-0.1, -0.05) is 0 Å². The van der Waals surface area contributed by atoms with Crippen molar-refractivity contribution in [3.63, 3.8) is 0 Å². The number of nitrogens with two attached hydrogens (primary N) is 1. The van der Waals surface area contributed by atoms with Crippen LogP contribution in [0.25, 0.3) is 0 Å². The first kappa shape index (κ1) is 16.3. The van der Waals surface area contributed by atoms with Crippen molar-refractivity contribution >= 4 is 18.2 Å². The summed E-state index contributed by atoms with van der Waals surface area (Å²) in [4.78, 5) is 0. The minimum Gasteiger partial charge on any atom is -0.397 e. The third-order valence-electron chi connectivity index (χ3n) is 0.300. The highest BCUT2D eigenvalue weighted by molar-refractivity contribution is 5.85. The lowest BCUT2D eigenvalue weighted by molar-refractivity contribution is 0.244. The van der Waals surface area contributed by atoms with Crippen molar-refractivity contribution in [2.75, 3.05) is 20.3 Å². The number of nitrogens with one attached hydrogen (secondary N) is 1. The zero-order valence-electron chi connectivity index (χ0n) is 6.26. The summed E-state index contributed by atoms with van der Waals surface area (Å²) >= 11 is 0. The molecule has 0 unspecified atom stereocenters. The normalized spacial score (nSPS) is 6.70. The maximum absolute atomic E-state index is 7.57. The third kappa shape index (κ3) is 47.7. The van der Waals surface area contributed by atoms with E-state index in [1.807, 2.05) is 0 Å². The highest BCUT2D eigenvalue weighted by Crippen LogP contribution is 1.59. The number of halogens is 1. The Hall–Kier alpha value is -0.320. The third-order valence-corrected chi connectivity index (χ3v) is 0.300. The molecular weight excluding hydrogens is 156 g/mol. The molecule has 5 heteroatoms. The van der Waals surface area contributed by atoms with Crippen LogP contribution in [0.3, 0.4) is 0 Å². The molecule has 0 rings (SSSR count). The summed E-state index contributed by atoms with van der Waals surface area (Å²) < 4.78 is 4.45. The molecule has 0 saturated carbocycles. The Morgan fingerprint density at radius 1 is 1.70 bits per heavy atom. The standard InChI is InChI=1S/C3H8N2O.C2H6O.ClH/c1-6-2-3(4)5;1-2-3;/h2H2,1H3,(H3,4,5);3H,2H2,1H3;1H. The Bertz CT molecular complexity index is 70.7. The molecule has 0 aliphatic heterocycles. The van der Waals surface area contributed by atoms with E-state index in [0.29, 0.717) is 0 Å². The van der Waals surface area contributed by atoms with Gasteiger partial charge in [-0.05, 0) is 6.92 Å². The predicted octanol–water partition coefficient (Wildman–Crippen LogP) is -0.0108. The number of amidine groups is 1. The molecule has 0 bridgehead atoms. The van der Waals surface area contributed by atoms with Gasteiger partial charge in [0.25, 0.3) is 0 Å². The molecule has 0 spiro atoms. The van der Waals surface area contributed by atoms with Crippen LogP contribution in [0.2, 0.25) is 0 Å². The van der Waals surface area contributed by atoms with E-state index in [0.717, 1.165) is 0 Å². The molecule has 0 radical (unpaired) electrons. The number of hydrogen-bond donors (Lipinski definition) is 3. The molecule has 0 saturated heterocycles. The lowest BCUT2D eigenvalue weighted by atomic mass is 10.7. The number of hydrogen-bond acceptors (Lipinski definition) is 3. The van der Waals surface area contributed by atoms with Gasteiger partial charge in [-0.15, -0.1) is 12.4 Å². The Kier molecular flexibility index (Phi) is 25.9. The molecule has 0 aliphatic rings. The van der Waals surface area contributed by atoms with Crippen molar-refractivity contribution in [3.05, 3.63) is 0 Å². The number of aliphatic hydroxyl groups is 1. The molecule has 0 aromatic carbocycles. The van der Waals surface area contributed by atoms with E-state index in [2.05, 4.69) is 4.74 Å². The van der Waals surface area contributed by atoms with E-state index in [1.165, 1.54) is 7.11 Å². The van der Waals surface area contributed by atoms with E-state index in [4.69, 9.17) is 16.2 Å². The van der Waals surface area contributed by atoms with Crippen LogP contribution in [0.1, 0.15) is 6.92 Å². The molecule has 10 heavy (non-hydrogen) atoms. The van der Waals surface area contributed by atoms with E-state index in [-0.39, 0.29) is 31.5 Å². The van der Waals surface area contributed by atoms with Crippen LogP contribution in [-0.4, -0.2) is 31.3 Å². The number of aliphatic hydroxyl groups excluding tert-OH is 1. The predicted molar refractivity (Wildman–Crippen MR) is 43.8 cm³/mol. The fraction of sp³-hybridized carbons (Fsp3) is 0.800. The van der Waals surface area contributed by atoms with Gasteiger partial charge in [0.05, 0.1) is 0 Å². The van der Waals surface area contributed by atoms with Crippen LogP contribution in [0.4, 0.5) is 0 Å². The van der Waals surface area contributed by atoms with E-state index in [9.17, 15) is 0 Å². The minimum absolute atomic E-state index is 0. The Morgan fingerprint density at radius 3 is 2.00 bits per heavy atom. The monoisotopic (exact) mass is 170 g/mol. The molecule has 0 heterocycles. The second kappa shape index (κ2) is 15.9. The highest BCUT2D eigenvalue weighted by Gasteiger charge is 1.78. The van der Waals surface area contributed by atoms with E-state index >= 15 is 0 Å². The molecule has 64 valence electrons. The molecule has 0 aliphatic carbocycles. The Labute approximate surface area is 67.3 Å². The first-order chi connectivity index (χ1) is 4.18. The van der Waals surface area contributed by atoms with Gasteiger partial charge >= 0.3 is 0 Å². The van der Waals surface area contributed by atoms with Crippen LogP contribution in [0.15, 0.2) is 0 Å². The summed E-state index contributed by atoms with van der Waals surface area (Å²) in [5.41, 5.74) is 4.86. The van der Waals surface area contributed by atoms with Gasteiger partial charge in [0.1, 0.15) is 12.4 Å². The maximum Gasteiger partial charge on any atom is 0.117 e. The van der Waals surface area contributed by atoms with Gasteiger partial charge in [0.15, 0.2) is 0 Å². The minimum atomic E-state index is 0. The summed E-state index contributed by atoms with van der Waals surface area (Å²) in [6.45, 7) is 2.17.